The van der Waals surface area contributed by atoms with Gasteiger partial charge in [0.25, 0.3) is 0 Å². The lowest BCUT2D eigenvalue weighted by molar-refractivity contribution is 0.0770. The summed E-state index contributed by atoms with van der Waals surface area (Å²) in [6.45, 7) is 3.93. The fourth-order valence-electron chi connectivity index (χ4n) is 4.01. The predicted octanol–water partition coefficient (Wildman–Crippen LogP) is 3.63. The van der Waals surface area contributed by atoms with Crippen LogP contribution in [0.25, 0.3) is 0 Å². The van der Waals surface area contributed by atoms with E-state index in [0.29, 0.717) is 12.1 Å². The van der Waals surface area contributed by atoms with Gasteiger partial charge in [0.2, 0.25) is 0 Å². The van der Waals surface area contributed by atoms with Gasteiger partial charge in [-0.15, -0.1) is 0 Å². The van der Waals surface area contributed by atoms with Crippen LogP contribution in [-0.4, -0.2) is 30.1 Å². The number of nitrogens with zero attached hydrogens (tertiary/aromatic N) is 1. The highest BCUT2D eigenvalue weighted by atomic mass is 19.1. The van der Waals surface area contributed by atoms with Crippen molar-refractivity contribution in [2.24, 2.45) is 0 Å². The molecule has 2 aliphatic heterocycles. The van der Waals surface area contributed by atoms with Crippen molar-refractivity contribution in [1.29, 1.82) is 0 Å². The van der Waals surface area contributed by atoms with Gasteiger partial charge in [0.1, 0.15) is 11.6 Å². The van der Waals surface area contributed by atoms with E-state index < -0.39 is 11.6 Å². The number of likely N-dealkylation sites (tertiary alicyclic amines) is 1. The van der Waals surface area contributed by atoms with Crippen LogP contribution in [0.4, 0.5) is 8.78 Å². The molecule has 0 amide bonds. The lowest BCUT2D eigenvalue weighted by Gasteiger charge is -2.43. The first kappa shape index (κ1) is 14.9. The number of hydrogen-bond acceptors (Lipinski definition) is 2. The molecular formula is C17H24F2N2. The maximum atomic E-state index is 14.1. The van der Waals surface area contributed by atoms with Crippen LogP contribution >= 0.6 is 0 Å². The first-order valence-electron chi connectivity index (χ1n) is 8.11. The second kappa shape index (κ2) is 6.41. The molecule has 0 bridgehead atoms. The molecule has 1 N–H and O–H groups in total. The normalized spacial score (nSPS) is 28.7. The number of piperidine rings is 1. The van der Waals surface area contributed by atoms with Gasteiger partial charge in [0, 0.05) is 23.7 Å². The van der Waals surface area contributed by atoms with Crippen molar-refractivity contribution in [2.75, 3.05) is 13.1 Å². The summed E-state index contributed by atoms with van der Waals surface area (Å²) in [6, 6.07) is 4.83. The van der Waals surface area contributed by atoms with Gasteiger partial charge < -0.3 is 5.32 Å². The first-order chi connectivity index (χ1) is 10.2. The second-order valence-electron chi connectivity index (χ2n) is 6.32. The summed E-state index contributed by atoms with van der Waals surface area (Å²) in [5.74, 6) is -0.850. The van der Waals surface area contributed by atoms with Gasteiger partial charge in [-0.25, -0.2) is 8.78 Å². The van der Waals surface area contributed by atoms with Crippen LogP contribution in [0.15, 0.2) is 18.2 Å². The molecule has 0 spiro atoms. The molecular weight excluding hydrogens is 270 g/mol. The lowest BCUT2D eigenvalue weighted by atomic mass is 9.91. The molecule has 116 valence electrons. The topological polar surface area (TPSA) is 15.3 Å². The zero-order valence-corrected chi connectivity index (χ0v) is 12.6. The molecule has 3 rings (SSSR count). The third kappa shape index (κ3) is 2.97. The minimum atomic E-state index is -0.425. The van der Waals surface area contributed by atoms with Gasteiger partial charge in [-0.1, -0.05) is 12.5 Å². The average Bonchev–Trinajstić information content (AvgIpc) is 3.01. The predicted molar refractivity (Wildman–Crippen MR) is 80.1 cm³/mol. The van der Waals surface area contributed by atoms with Crippen LogP contribution in [0.2, 0.25) is 0 Å². The number of hydrogen-bond donors (Lipinski definition) is 1. The summed E-state index contributed by atoms with van der Waals surface area (Å²) in [5.41, 5.74) is 0.224. The second-order valence-corrected chi connectivity index (χ2v) is 6.32. The third-order valence-electron chi connectivity index (χ3n) is 5.07. The Labute approximate surface area is 125 Å². The Kier molecular flexibility index (Phi) is 4.55. The number of rotatable bonds is 3. The Morgan fingerprint density at radius 2 is 1.90 bits per heavy atom. The zero-order valence-electron chi connectivity index (χ0n) is 12.6. The summed E-state index contributed by atoms with van der Waals surface area (Å²) < 4.78 is 28.2. The molecule has 1 aromatic rings. The van der Waals surface area contributed by atoms with E-state index in [1.165, 1.54) is 37.5 Å². The van der Waals surface area contributed by atoms with E-state index in [9.17, 15) is 8.78 Å². The van der Waals surface area contributed by atoms with Crippen molar-refractivity contribution >= 4 is 0 Å². The van der Waals surface area contributed by atoms with Gasteiger partial charge >= 0.3 is 0 Å². The molecule has 2 aliphatic rings. The first-order valence-corrected chi connectivity index (χ1v) is 8.11. The highest BCUT2D eigenvalue weighted by molar-refractivity contribution is 5.23. The molecule has 2 heterocycles. The molecule has 4 heteroatoms. The molecule has 0 aromatic heterocycles. The average molecular weight is 294 g/mol. The maximum absolute atomic E-state index is 14.1. The highest BCUT2D eigenvalue weighted by Crippen LogP contribution is 2.33. The van der Waals surface area contributed by atoms with Crippen molar-refractivity contribution in [1.82, 2.24) is 10.2 Å². The summed E-state index contributed by atoms with van der Waals surface area (Å²) in [7, 11) is 0. The van der Waals surface area contributed by atoms with E-state index >= 15 is 0 Å². The number of halogens is 2. The van der Waals surface area contributed by atoms with Crippen molar-refractivity contribution in [2.45, 2.75) is 57.2 Å². The fraction of sp³-hybridized carbons (Fsp3) is 0.647. The van der Waals surface area contributed by atoms with E-state index in [2.05, 4.69) is 10.2 Å². The summed E-state index contributed by atoms with van der Waals surface area (Å²) >= 11 is 0. The Bertz CT molecular complexity index is 465. The quantitative estimate of drug-likeness (QED) is 0.915. The SMILES string of the molecule is CC(c1c(F)cccc1F)N1CCCCC1C1CCCN1. The Hall–Kier alpha value is -1.00. The Balaban J connectivity index is 1.85. The smallest absolute Gasteiger partial charge is 0.130 e. The van der Waals surface area contributed by atoms with Crippen LogP contribution in [0, 0.1) is 11.6 Å². The maximum Gasteiger partial charge on any atom is 0.130 e. The largest absolute Gasteiger partial charge is 0.312 e. The highest BCUT2D eigenvalue weighted by Gasteiger charge is 2.35. The van der Waals surface area contributed by atoms with Gasteiger partial charge in [-0.05, 0) is 57.8 Å². The van der Waals surface area contributed by atoms with E-state index in [0.717, 1.165) is 25.9 Å². The van der Waals surface area contributed by atoms with Crippen LogP contribution in [0.5, 0.6) is 0 Å². The van der Waals surface area contributed by atoms with Crippen molar-refractivity contribution < 1.29 is 8.78 Å². The Morgan fingerprint density at radius 3 is 2.57 bits per heavy atom. The van der Waals surface area contributed by atoms with Gasteiger partial charge in [-0.3, -0.25) is 4.90 Å². The van der Waals surface area contributed by atoms with Gasteiger partial charge in [0.05, 0.1) is 0 Å². The molecule has 1 aromatic carbocycles. The fourth-order valence-corrected chi connectivity index (χ4v) is 4.01. The molecule has 2 fully saturated rings. The molecule has 0 radical (unpaired) electrons. The summed E-state index contributed by atoms with van der Waals surface area (Å²) in [5, 5.41) is 3.56. The molecule has 0 saturated carbocycles. The summed E-state index contributed by atoms with van der Waals surface area (Å²) in [4.78, 5) is 2.31. The summed E-state index contributed by atoms with van der Waals surface area (Å²) in [6.07, 6.45) is 5.83. The van der Waals surface area contributed by atoms with Gasteiger partial charge in [-0.2, -0.15) is 0 Å². The molecule has 2 nitrogen and oxygen atoms in total. The minimum absolute atomic E-state index is 0.209. The molecule has 3 atom stereocenters. The monoisotopic (exact) mass is 294 g/mol. The van der Waals surface area contributed by atoms with Crippen LogP contribution < -0.4 is 5.32 Å². The van der Waals surface area contributed by atoms with E-state index in [4.69, 9.17) is 0 Å². The standard InChI is InChI=1S/C17H24F2N2/c1-12(17-13(18)6-4-7-14(17)19)21-11-3-2-9-16(21)15-8-5-10-20-15/h4,6-7,12,15-16,20H,2-3,5,8-11H2,1H3. The number of benzene rings is 1. The van der Waals surface area contributed by atoms with E-state index in [1.807, 2.05) is 6.92 Å². The van der Waals surface area contributed by atoms with Crippen molar-refractivity contribution in [3.63, 3.8) is 0 Å². The minimum Gasteiger partial charge on any atom is -0.312 e. The zero-order chi connectivity index (χ0) is 14.8. The molecule has 0 aliphatic carbocycles. The molecule has 3 unspecified atom stereocenters. The van der Waals surface area contributed by atoms with E-state index in [-0.39, 0.29) is 11.6 Å². The Morgan fingerprint density at radius 1 is 1.14 bits per heavy atom. The third-order valence-corrected chi connectivity index (χ3v) is 5.07. The molecule has 2 saturated heterocycles. The van der Waals surface area contributed by atoms with E-state index in [1.54, 1.807) is 0 Å². The van der Waals surface area contributed by atoms with Crippen molar-refractivity contribution in [3.8, 4) is 0 Å². The molecule has 21 heavy (non-hydrogen) atoms. The lowest BCUT2D eigenvalue weighted by Crippen LogP contribution is -2.51. The van der Waals surface area contributed by atoms with Gasteiger partial charge in [0.15, 0.2) is 0 Å². The van der Waals surface area contributed by atoms with Crippen LogP contribution in [-0.2, 0) is 0 Å². The van der Waals surface area contributed by atoms with Crippen molar-refractivity contribution in [3.05, 3.63) is 35.4 Å². The number of nitrogens with one attached hydrogen (secondary N) is 1. The van der Waals surface area contributed by atoms with Crippen LogP contribution in [0.3, 0.4) is 0 Å². The van der Waals surface area contributed by atoms with Crippen LogP contribution in [0.1, 0.15) is 50.6 Å².